The van der Waals surface area contributed by atoms with Crippen molar-refractivity contribution < 1.29 is 14.2 Å². The van der Waals surface area contributed by atoms with Gasteiger partial charge in [0.15, 0.2) is 11.5 Å². The van der Waals surface area contributed by atoms with E-state index in [1.54, 1.807) is 20.4 Å². The van der Waals surface area contributed by atoms with Crippen LogP contribution in [-0.4, -0.2) is 26.5 Å². The number of hydrogen-bond donors (Lipinski definition) is 0. The molecule has 23 heavy (non-hydrogen) atoms. The van der Waals surface area contributed by atoms with Crippen LogP contribution in [0.5, 0.6) is 17.2 Å². The number of allylic oxidation sites excluding steroid dienone is 1. The molecule has 0 saturated heterocycles. The minimum Gasteiger partial charge on any atom is -0.493 e. The van der Waals surface area contributed by atoms with Gasteiger partial charge < -0.3 is 14.2 Å². The van der Waals surface area contributed by atoms with E-state index in [9.17, 15) is 0 Å². The smallest absolute Gasteiger partial charge is 0.171 e. The molecule has 4 heteroatoms. The lowest BCUT2D eigenvalue weighted by molar-refractivity contribution is 0.176. The highest BCUT2D eigenvalue weighted by Gasteiger charge is 2.26. The first-order chi connectivity index (χ1) is 11.2. The Morgan fingerprint density at radius 3 is 2.87 bits per heavy atom. The molecule has 3 rings (SSSR count). The van der Waals surface area contributed by atoms with Crippen molar-refractivity contribution in [3.8, 4) is 17.2 Å². The van der Waals surface area contributed by atoms with Crippen molar-refractivity contribution in [2.45, 2.75) is 32.3 Å². The second kappa shape index (κ2) is 6.90. The summed E-state index contributed by atoms with van der Waals surface area (Å²) < 4.78 is 17.3. The van der Waals surface area contributed by atoms with E-state index in [0.29, 0.717) is 17.4 Å². The van der Waals surface area contributed by atoms with Crippen LogP contribution in [0.25, 0.3) is 6.08 Å². The number of fused-ring (bicyclic) bond motifs is 2. The Labute approximate surface area is 137 Å². The minimum atomic E-state index is 0.0913. The first-order valence-corrected chi connectivity index (χ1v) is 8.03. The lowest BCUT2D eigenvalue weighted by Crippen LogP contribution is -2.27. The summed E-state index contributed by atoms with van der Waals surface area (Å²) in [4.78, 5) is 4.34. The number of aliphatic imine (C=N–C) groups is 1. The molecule has 2 aliphatic rings. The van der Waals surface area contributed by atoms with E-state index in [4.69, 9.17) is 14.2 Å². The molecule has 122 valence electrons. The number of methoxy groups -OCH3 is 2. The second-order valence-electron chi connectivity index (χ2n) is 6.05. The number of benzene rings is 1. The molecule has 1 heterocycles. The largest absolute Gasteiger partial charge is 0.493 e. The summed E-state index contributed by atoms with van der Waals surface area (Å²) in [5, 5.41) is 0. The average Bonchev–Trinajstić information content (AvgIpc) is 2.57. The summed E-state index contributed by atoms with van der Waals surface area (Å²) in [6, 6.07) is 3.83. The summed E-state index contributed by atoms with van der Waals surface area (Å²) in [7, 11) is 3.28. The van der Waals surface area contributed by atoms with Gasteiger partial charge in [0.1, 0.15) is 11.9 Å². The molecule has 1 aliphatic carbocycles. The van der Waals surface area contributed by atoms with Gasteiger partial charge in [-0.3, -0.25) is 4.99 Å². The molecule has 0 amide bonds. The third-order valence-corrected chi connectivity index (χ3v) is 4.47. The Morgan fingerprint density at radius 2 is 2.09 bits per heavy atom. The lowest BCUT2D eigenvalue weighted by atomic mass is 9.84. The maximum absolute atomic E-state index is 6.37. The summed E-state index contributed by atoms with van der Waals surface area (Å²) in [6.07, 6.45) is 11.0. The van der Waals surface area contributed by atoms with Crippen molar-refractivity contribution in [1.82, 2.24) is 0 Å². The molecule has 0 radical (unpaired) electrons. The van der Waals surface area contributed by atoms with Crippen molar-refractivity contribution in [2.75, 3.05) is 14.2 Å². The van der Waals surface area contributed by atoms with Gasteiger partial charge in [-0.1, -0.05) is 6.92 Å². The highest BCUT2D eigenvalue weighted by atomic mass is 16.5. The first-order valence-electron chi connectivity index (χ1n) is 8.03. The number of rotatable bonds is 2. The van der Waals surface area contributed by atoms with Crippen LogP contribution in [0, 0.1) is 5.92 Å². The van der Waals surface area contributed by atoms with E-state index in [-0.39, 0.29) is 6.10 Å². The maximum atomic E-state index is 6.37. The molecular formula is C19H23NO3. The molecule has 1 fully saturated rings. The minimum absolute atomic E-state index is 0.0913. The molecule has 0 spiro atoms. The average molecular weight is 313 g/mol. The molecule has 1 aromatic carbocycles. The Morgan fingerprint density at radius 1 is 1.22 bits per heavy atom. The Hall–Kier alpha value is -2.23. The molecule has 0 aromatic heterocycles. The maximum Gasteiger partial charge on any atom is 0.171 e. The van der Waals surface area contributed by atoms with Gasteiger partial charge in [0, 0.05) is 12.4 Å². The van der Waals surface area contributed by atoms with E-state index < -0.39 is 0 Å². The lowest BCUT2D eigenvalue weighted by Gasteiger charge is -2.31. The van der Waals surface area contributed by atoms with Crippen LogP contribution in [0.1, 0.15) is 31.7 Å². The van der Waals surface area contributed by atoms with Gasteiger partial charge in [0.05, 0.1) is 19.8 Å². The van der Waals surface area contributed by atoms with Crippen molar-refractivity contribution in [2.24, 2.45) is 10.9 Å². The van der Waals surface area contributed by atoms with Crippen molar-refractivity contribution in [3.05, 3.63) is 35.5 Å². The number of hydrogen-bond acceptors (Lipinski definition) is 4. The van der Waals surface area contributed by atoms with E-state index in [2.05, 4.69) is 18.0 Å². The molecule has 1 saturated carbocycles. The third-order valence-electron chi connectivity index (χ3n) is 4.47. The van der Waals surface area contributed by atoms with Gasteiger partial charge in [-0.2, -0.15) is 0 Å². The predicted octanol–water partition coefficient (Wildman–Crippen LogP) is 4.25. The highest BCUT2D eigenvalue weighted by Crippen LogP contribution is 2.40. The van der Waals surface area contributed by atoms with E-state index in [1.807, 2.05) is 24.4 Å². The van der Waals surface area contributed by atoms with E-state index >= 15 is 0 Å². The third kappa shape index (κ3) is 3.26. The summed E-state index contributed by atoms with van der Waals surface area (Å²) in [6.45, 7) is 2.28. The van der Waals surface area contributed by atoms with E-state index in [1.165, 1.54) is 12.0 Å². The molecular weight excluding hydrogens is 290 g/mol. The Kier molecular flexibility index (Phi) is 4.70. The van der Waals surface area contributed by atoms with Crippen LogP contribution in [0.4, 0.5) is 0 Å². The van der Waals surface area contributed by atoms with Gasteiger partial charge in [-0.25, -0.2) is 0 Å². The topological polar surface area (TPSA) is 40.0 Å². The fourth-order valence-corrected chi connectivity index (χ4v) is 3.18. The number of nitrogens with zero attached hydrogens (tertiary/aromatic N) is 1. The van der Waals surface area contributed by atoms with Crippen LogP contribution in [0.3, 0.4) is 0 Å². The normalized spacial score (nSPS) is 28.2. The van der Waals surface area contributed by atoms with Gasteiger partial charge in [0.25, 0.3) is 0 Å². The van der Waals surface area contributed by atoms with Crippen molar-refractivity contribution in [3.63, 3.8) is 0 Å². The van der Waals surface area contributed by atoms with Crippen LogP contribution >= 0.6 is 0 Å². The molecule has 2 unspecified atom stereocenters. The SMILES string of the molecule is COc1ccc2c(c1OC)\C=C/N=C/C=C1/CCC(C)CC1O2. The molecule has 0 N–H and O–H groups in total. The fraction of sp³-hybridized carbons (Fsp3) is 0.421. The van der Waals surface area contributed by atoms with Crippen LogP contribution in [0.15, 0.2) is 35.0 Å². The summed E-state index contributed by atoms with van der Waals surface area (Å²) in [5.74, 6) is 2.83. The molecule has 0 bridgehead atoms. The predicted molar refractivity (Wildman–Crippen MR) is 92.6 cm³/mol. The standard InChI is InChI=1S/C19H23NO3/c1-13-4-5-14-8-10-20-11-9-15-16(23-18(14)12-13)6-7-17(21-2)19(15)22-3/h6-11,13,18H,4-5,12H2,1-3H3/b11-9-,14-8-,20-10+. The van der Waals surface area contributed by atoms with Gasteiger partial charge in [-0.15, -0.1) is 0 Å². The zero-order valence-corrected chi connectivity index (χ0v) is 13.9. The van der Waals surface area contributed by atoms with Gasteiger partial charge >= 0.3 is 0 Å². The van der Waals surface area contributed by atoms with Crippen LogP contribution < -0.4 is 14.2 Å². The first kappa shape index (κ1) is 15.7. The number of ether oxygens (including phenoxy) is 3. The van der Waals surface area contributed by atoms with Crippen molar-refractivity contribution >= 4 is 12.3 Å². The zero-order valence-electron chi connectivity index (χ0n) is 13.9. The Bertz CT molecular complexity index is 661. The Balaban J connectivity index is 2.06. The van der Waals surface area contributed by atoms with Crippen LogP contribution in [-0.2, 0) is 0 Å². The van der Waals surface area contributed by atoms with Crippen molar-refractivity contribution in [1.29, 1.82) is 0 Å². The molecule has 1 aromatic rings. The van der Waals surface area contributed by atoms with E-state index in [0.717, 1.165) is 24.2 Å². The van der Waals surface area contributed by atoms with Gasteiger partial charge in [-0.05, 0) is 55.0 Å². The monoisotopic (exact) mass is 313 g/mol. The quantitative estimate of drug-likeness (QED) is 0.819. The molecule has 2 atom stereocenters. The highest BCUT2D eigenvalue weighted by molar-refractivity contribution is 5.75. The molecule has 1 aliphatic heterocycles. The zero-order chi connectivity index (χ0) is 16.2. The molecule has 4 nitrogen and oxygen atoms in total. The second-order valence-corrected chi connectivity index (χ2v) is 6.05. The van der Waals surface area contributed by atoms with Gasteiger partial charge in [0.2, 0.25) is 0 Å². The van der Waals surface area contributed by atoms with Crippen LogP contribution in [0.2, 0.25) is 0 Å². The summed E-state index contributed by atoms with van der Waals surface area (Å²) >= 11 is 0. The summed E-state index contributed by atoms with van der Waals surface area (Å²) in [5.41, 5.74) is 2.17. The fourth-order valence-electron chi connectivity index (χ4n) is 3.18.